The Balaban J connectivity index is 1.65. The number of hydrogen-bond donors (Lipinski definition) is 0. The van der Waals surface area contributed by atoms with Crippen LogP contribution in [-0.4, -0.2) is 28.5 Å². The molecule has 0 unspecified atom stereocenters. The van der Waals surface area contributed by atoms with E-state index in [1.54, 1.807) is 7.11 Å². The molecule has 5 rings (SSSR count). The molecule has 140 valence electrons. The highest BCUT2D eigenvalue weighted by atomic mass is 19.1. The van der Waals surface area contributed by atoms with Crippen molar-refractivity contribution in [1.29, 1.82) is 0 Å². The molecule has 0 amide bonds. The van der Waals surface area contributed by atoms with Crippen LogP contribution in [0, 0.1) is 12.3 Å². The predicted octanol–water partition coefficient (Wildman–Crippen LogP) is 4.75. The molecule has 4 nitrogen and oxygen atoms in total. The lowest BCUT2D eigenvalue weighted by Crippen LogP contribution is -2.45. The lowest BCUT2D eigenvalue weighted by molar-refractivity contribution is 0.0221. The molecule has 0 saturated heterocycles. The van der Waals surface area contributed by atoms with E-state index < -0.39 is 0 Å². The second-order valence-corrected chi connectivity index (χ2v) is 8.31. The van der Waals surface area contributed by atoms with Gasteiger partial charge in [0.25, 0.3) is 0 Å². The Bertz CT molecular complexity index is 789. The van der Waals surface area contributed by atoms with Crippen LogP contribution in [-0.2, 0) is 12.5 Å². The minimum Gasteiger partial charge on any atom is -0.497 e. The molecule has 2 bridgehead atoms. The third-order valence-electron chi connectivity index (χ3n) is 7.05. The molecule has 3 saturated carbocycles. The van der Waals surface area contributed by atoms with Crippen molar-refractivity contribution in [1.82, 2.24) is 14.8 Å². The van der Waals surface area contributed by atoms with E-state index in [1.165, 1.54) is 0 Å². The molecule has 3 aliphatic carbocycles. The van der Waals surface area contributed by atoms with Crippen LogP contribution in [0.4, 0.5) is 4.39 Å². The Morgan fingerprint density at radius 1 is 1.12 bits per heavy atom. The number of ether oxygens (including phenoxy) is 1. The van der Waals surface area contributed by atoms with Gasteiger partial charge in [-0.15, -0.1) is 10.2 Å². The fraction of sp³-hybridized carbons (Fsp3) is 0.619. The molecule has 0 aliphatic heterocycles. The lowest BCUT2D eigenvalue weighted by Gasteiger charge is -2.52. The van der Waals surface area contributed by atoms with Crippen molar-refractivity contribution in [3.8, 4) is 17.1 Å². The maximum absolute atomic E-state index is 13.0. The Morgan fingerprint density at radius 2 is 1.81 bits per heavy atom. The number of hydrogen-bond acceptors (Lipinski definition) is 3. The van der Waals surface area contributed by atoms with E-state index in [2.05, 4.69) is 34.8 Å². The first kappa shape index (κ1) is 17.5. The van der Waals surface area contributed by atoms with Crippen LogP contribution in [0.25, 0.3) is 11.4 Å². The maximum Gasteiger partial charge on any atom is 0.163 e. The molecule has 0 spiro atoms. The van der Waals surface area contributed by atoms with Crippen LogP contribution in [0.2, 0.25) is 0 Å². The van der Waals surface area contributed by atoms with Gasteiger partial charge in [-0.05, 0) is 81.0 Å². The van der Waals surface area contributed by atoms with Crippen molar-refractivity contribution in [3.63, 3.8) is 0 Å². The number of alkyl halides is 1. The normalized spacial score (nSPS) is 27.7. The Hall–Kier alpha value is -1.91. The number of halogens is 1. The van der Waals surface area contributed by atoms with E-state index in [1.807, 2.05) is 12.1 Å². The van der Waals surface area contributed by atoms with Gasteiger partial charge in [-0.3, -0.25) is 4.39 Å². The molecule has 2 aromatic rings. The van der Waals surface area contributed by atoms with Gasteiger partial charge in [0.2, 0.25) is 0 Å². The fourth-order valence-electron chi connectivity index (χ4n) is 5.21. The summed E-state index contributed by atoms with van der Waals surface area (Å²) in [6, 6.07) is 6.07. The minimum atomic E-state index is -0.183. The Labute approximate surface area is 154 Å². The van der Waals surface area contributed by atoms with Crippen molar-refractivity contribution in [2.75, 3.05) is 13.8 Å². The summed E-state index contributed by atoms with van der Waals surface area (Å²) in [7, 11) is 3.77. The number of benzene rings is 1. The summed E-state index contributed by atoms with van der Waals surface area (Å²) in [6.07, 6.45) is 7.45. The summed E-state index contributed by atoms with van der Waals surface area (Å²) in [6.45, 7) is 1.90. The van der Waals surface area contributed by atoms with Crippen LogP contribution in [0.15, 0.2) is 18.2 Å². The van der Waals surface area contributed by atoms with E-state index >= 15 is 0 Å². The smallest absolute Gasteiger partial charge is 0.163 e. The highest BCUT2D eigenvalue weighted by Gasteiger charge is 2.51. The fourth-order valence-corrected chi connectivity index (χ4v) is 5.21. The topological polar surface area (TPSA) is 39.9 Å². The van der Waals surface area contributed by atoms with Crippen molar-refractivity contribution < 1.29 is 9.13 Å². The van der Waals surface area contributed by atoms with Gasteiger partial charge in [0.15, 0.2) is 5.82 Å². The Morgan fingerprint density at radius 3 is 2.38 bits per heavy atom. The van der Waals surface area contributed by atoms with Crippen molar-refractivity contribution in [2.45, 2.75) is 57.3 Å². The summed E-state index contributed by atoms with van der Waals surface area (Å²) in [5, 5.41) is 9.20. The maximum atomic E-state index is 13.0. The SMILES string of the molecule is COc1ccc(-c2nnc(C34CCC(CCF)(CC3)CC4)n2C)c(C)c1. The van der Waals surface area contributed by atoms with E-state index in [-0.39, 0.29) is 17.5 Å². The number of aromatic nitrogens is 3. The first-order chi connectivity index (χ1) is 12.5. The van der Waals surface area contributed by atoms with Gasteiger partial charge in [-0.2, -0.15) is 0 Å². The van der Waals surface area contributed by atoms with Crippen LogP contribution < -0.4 is 4.74 Å². The zero-order valence-corrected chi connectivity index (χ0v) is 16.0. The molecule has 0 atom stereocenters. The van der Waals surface area contributed by atoms with Gasteiger partial charge < -0.3 is 9.30 Å². The number of methoxy groups -OCH3 is 1. The monoisotopic (exact) mass is 357 g/mol. The summed E-state index contributed by atoms with van der Waals surface area (Å²) in [4.78, 5) is 0. The van der Waals surface area contributed by atoms with E-state index in [0.717, 1.165) is 73.5 Å². The van der Waals surface area contributed by atoms with E-state index in [0.29, 0.717) is 0 Å². The summed E-state index contributed by atoms with van der Waals surface area (Å²) in [5.74, 6) is 2.88. The standard InChI is InChI=1S/C21H28FN3O/c1-15-14-16(26-3)4-5-17(15)18-23-24-19(25(18)2)21-9-6-20(7-10-21,8-11-21)12-13-22/h4-5,14H,6-13H2,1-3H3. The highest BCUT2D eigenvalue weighted by Crippen LogP contribution is 2.58. The van der Waals surface area contributed by atoms with Crippen LogP contribution >= 0.6 is 0 Å². The molecule has 1 heterocycles. The molecule has 3 fully saturated rings. The van der Waals surface area contributed by atoms with E-state index in [4.69, 9.17) is 4.74 Å². The molecule has 3 aliphatic rings. The quantitative estimate of drug-likeness (QED) is 0.775. The summed E-state index contributed by atoms with van der Waals surface area (Å²) < 4.78 is 20.5. The molecule has 1 aromatic carbocycles. The average molecular weight is 357 g/mol. The molecule has 26 heavy (non-hydrogen) atoms. The second kappa shape index (κ2) is 6.36. The number of aryl methyl sites for hydroxylation is 1. The first-order valence-corrected chi connectivity index (χ1v) is 9.63. The lowest BCUT2D eigenvalue weighted by atomic mass is 9.52. The van der Waals surface area contributed by atoms with Gasteiger partial charge >= 0.3 is 0 Å². The minimum absolute atomic E-state index is 0.123. The van der Waals surface area contributed by atoms with Crippen LogP contribution in [0.3, 0.4) is 0 Å². The van der Waals surface area contributed by atoms with Crippen molar-refractivity contribution in [2.24, 2.45) is 12.5 Å². The average Bonchev–Trinajstić information content (AvgIpc) is 3.05. The van der Waals surface area contributed by atoms with Gasteiger partial charge in [0.05, 0.1) is 13.8 Å². The van der Waals surface area contributed by atoms with Crippen LogP contribution in [0.1, 0.15) is 56.3 Å². The summed E-state index contributed by atoms with van der Waals surface area (Å²) >= 11 is 0. The number of nitrogens with zero attached hydrogens (tertiary/aromatic N) is 3. The number of fused-ring (bicyclic) bond motifs is 3. The molecule has 0 N–H and O–H groups in total. The Kier molecular flexibility index (Phi) is 4.28. The molecular formula is C21H28FN3O. The first-order valence-electron chi connectivity index (χ1n) is 9.63. The van der Waals surface area contributed by atoms with E-state index in [9.17, 15) is 4.39 Å². The second-order valence-electron chi connectivity index (χ2n) is 8.31. The van der Waals surface area contributed by atoms with Gasteiger partial charge in [-0.1, -0.05) is 0 Å². The van der Waals surface area contributed by atoms with Gasteiger partial charge in [0, 0.05) is 18.0 Å². The van der Waals surface area contributed by atoms with Crippen LogP contribution in [0.5, 0.6) is 5.75 Å². The zero-order valence-electron chi connectivity index (χ0n) is 16.0. The zero-order chi connectivity index (χ0) is 18.4. The van der Waals surface area contributed by atoms with Gasteiger partial charge in [0.1, 0.15) is 11.6 Å². The van der Waals surface area contributed by atoms with Crippen molar-refractivity contribution >= 4 is 0 Å². The number of rotatable bonds is 5. The third kappa shape index (κ3) is 2.63. The van der Waals surface area contributed by atoms with Crippen molar-refractivity contribution in [3.05, 3.63) is 29.6 Å². The largest absolute Gasteiger partial charge is 0.497 e. The van der Waals surface area contributed by atoms with Gasteiger partial charge in [-0.25, -0.2) is 0 Å². The predicted molar refractivity (Wildman–Crippen MR) is 100 cm³/mol. The molecule has 5 heteroatoms. The molecule has 1 aromatic heterocycles. The molecule has 0 radical (unpaired) electrons. The summed E-state index contributed by atoms with van der Waals surface area (Å²) in [5.41, 5.74) is 2.61. The molecular weight excluding hydrogens is 329 g/mol. The highest BCUT2D eigenvalue weighted by molar-refractivity contribution is 5.62. The third-order valence-corrected chi connectivity index (χ3v) is 7.05.